The van der Waals surface area contributed by atoms with Gasteiger partial charge in [-0.1, -0.05) is 0 Å². The molecule has 0 aliphatic heterocycles. The molecular weight excluding hydrogens is 488 g/mol. The van der Waals surface area contributed by atoms with Gasteiger partial charge in [-0.15, -0.1) is 0 Å². The molecule has 0 nitrogen and oxygen atoms in total. The van der Waals surface area contributed by atoms with Crippen molar-refractivity contribution in [1.82, 2.24) is 0 Å². The van der Waals surface area contributed by atoms with E-state index in [9.17, 15) is 26.3 Å². The SMILES string of the molecule is Fc1c(I)c(F)c2c(F)c(I)c(F)c(F)c2c1F. The van der Waals surface area contributed by atoms with E-state index < -0.39 is 52.8 Å². The van der Waals surface area contributed by atoms with Gasteiger partial charge < -0.3 is 0 Å². The monoisotopic (exact) mass is 488 g/mol. The normalized spacial score (nSPS) is 11.3. The van der Waals surface area contributed by atoms with Crippen molar-refractivity contribution in [2.45, 2.75) is 0 Å². The molecule has 18 heavy (non-hydrogen) atoms. The van der Waals surface area contributed by atoms with Gasteiger partial charge in [0.2, 0.25) is 0 Å². The van der Waals surface area contributed by atoms with E-state index in [1.165, 1.54) is 0 Å². The molecule has 96 valence electrons. The molecule has 8 heteroatoms. The van der Waals surface area contributed by atoms with E-state index in [1.54, 1.807) is 0 Å². The van der Waals surface area contributed by atoms with Gasteiger partial charge in [0.1, 0.15) is 0 Å². The maximum atomic E-state index is 13.6. The summed E-state index contributed by atoms with van der Waals surface area (Å²) in [6.45, 7) is 0. The van der Waals surface area contributed by atoms with Crippen LogP contribution in [-0.4, -0.2) is 0 Å². The lowest BCUT2D eigenvalue weighted by Crippen LogP contribution is -2.05. The fourth-order valence-electron chi connectivity index (χ4n) is 1.46. The van der Waals surface area contributed by atoms with E-state index in [1.807, 2.05) is 0 Å². The van der Waals surface area contributed by atoms with Crippen LogP contribution in [-0.2, 0) is 0 Å². The van der Waals surface area contributed by atoms with Crippen LogP contribution in [0.4, 0.5) is 26.3 Å². The number of hydrogen-bond acceptors (Lipinski definition) is 0. The molecule has 0 heterocycles. The van der Waals surface area contributed by atoms with E-state index in [0.717, 1.165) is 45.2 Å². The lowest BCUT2D eigenvalue weighted by molar-refractivity contribution is 0.470. The van der Waals surface area contributed by atoms with Crippen LogP contribution in [0.25, 0.3) is 10.8 Å². The van der Waals surface area contributed by atoms with Crippen LogP contribution in [0.1, 0.15) is 0 Å². The second-order valence-electron chi connectivity index (χ2n) is 3.26. The summed E-state index contributed by atoms with van der Waals surface area (Å²) >= 11 is 2.23. The maximum Gasteiger partial charge on any atom is 0.175 e. The van der Waals surface area contributed by atoms with Gasteiger partial charge >= 0.3 is 0 Å². The lowest BCUT2D eigenvalue weighted by atomic mass is 10.1. The van der Waals surface area contributed by atoms with Crippen LogP contribution in [0, 0.1) is 42.0 Å². The Hall–Kier alpha value is -0.260. The number of hydrogen-bond donors (Lipinski definition) is 0. The third kappa shape index (κ3) is 1.79. The summed E-state index contributed by atoms with van der Waals surface area (Å²) in [7, 11) is 0. The predicted octanol–water partition coefficient (Wildman–Crippen LogP) is 4.88. The van der Waals surface area contributed by atoms with Crippen molar-refractivity contribution in [2.24, 2.45) is 0 Å². The first-order valence-corrected chi connectivity index (χ1v) is 6.42. The highest BCUT2D eigenvalue weighted by molar-refractivity contribution is 14.1. The number of rotatable bonds is 0. The molecule has 0 spiro atoms. The standard InChI is InChI=1S/C10F6I2/c11-3-1-2(5(13)9(17)7(3)15)6(14)10(18)8(16)4(1)12. The highest BCUT2D eigenvalue weighted by Crippen LogP contribution is 2.35. The molecule has 0 radical (unpaired) electrons. The first-order valence-electron chi connectivity index (χ1n) is 4.26. The maximum absolute atomic E-state index is 13.6. The summed E-state index contributed by atoms with van der Waals surface area (Å²) in [6.07, 6.45) is 0. The quantitative estimate of drug-likeness (QED) is 0.215. The van der Waals surface area contributed by atoms with E-state index in [4.69, 9.17) is 0 Å². The van der Waals surface area contributed by atoms with Gasteiger partial charge in [0, 0.05) is 0 Å². The fourth-order valence-corrected chi connectivity index (χ4v) is 2.47. The minimum Gasteiger partial charge on any atom is -0.205 e. The highest BCUT2D eigenvalue weighted by Gasteiger charge is 2.28. The van der Waals surface area contributed by atoms with Gasteiger partial charge in [-0.2, -0.15) is 0 Å². The molecule has 0 amide bonds. The summed E-state index contributed by atoms with van der Waals surface area (Å²) in [6, 6.07) is 0. The van der Waals surface area contributed by atoms with Crippen molar-refractivity contribution in [3.05, 3.63) is 42.0 Å². The van der Waals surface area contributed by atoms with Crippen LogP contribution >= 0.6 is 45.2 Å². The third-order valence-corrected chi connectivity index (χ3v) is 4.18. The molecule has 0 aromatic heterocycles. The molecule has 0 aliphatic rings. The number of fused-ring (bicyclic) bond motifs is 1. The predicted molar refractivity (Wildman–Crippen MR) is 69.1 cm³/mol. The fraction of sp³-hybridized carbons (Fsp3) is 0. The molecule has 2 aromatic rings. The van der Waals surface area contributed by atoms with Crippen molar-refractivity contribution in [1.29, 1.82) is 0 Å². The Balaban J connectivity index is 3.22. The Morgan fingerprint density at radius 1 is 0.444 bits per heavy atom. The number of halogens is 8. The van der Waals surface area contributed by atoms with Gasteiger partial charge in [-0.3, -0.25) is 0 Å². The molecule has 0 saturated carbocycles. The van der Waals surface area contributed by atoms with Crippen molar-refractivity contribution < 1.29 is 26.3 Å². The van der Waals surface area contributed by atoms with E-state index >= 15 is 0 Å². The zero-order valence-corrected chi connectivity index (χ0v) is 12.3. The zero-order chi connectivity index (χ0) is 13.8. The third-order valence-electron chi connectivity index (χ3n) is 2.28. The Morgan fingerprint density at radius 3 is 1.06 bits per heavy atom. The number of benzene rings is 2. The molecule has 0 N–H and O–H groups in total. The first kappa shape index (κ1) is 14.2. The average molecular weight is 488 g/mol. The zero-order valence-electron chi connectivity index (χ0n) is 8.02. The highest BCUT2D eigenvalue weighted by atomic mass is 127. The summed E-state index contributed by atoms with van der Waals surface area (Å²) in [5.41, 5.74) is 0. The van der Waals surface area contributed by atoms with E-state index in [2.05, 4.69) is 0 Å². The van der Waals surface area contributed by atoms with Gasteiger partial charge in [0.15, 0.2) is 34.9 Å². The van der Waals surface area contributed by atoms with Crippen LogP contribution in [0.15, 0.2) is 0 Å². The lowest BCUT2D eigenvalue weighted by Gasteiger charge is -2.10. The molecular formula is C10F6I2. The van der Waals surface area contributed by atoms with Crippen LogP contribution in [0.3, 0.4) is 0 Å². The summed E-state index contributed by atoms with van der Waals surface area (Å²) < 4.78 is 79.0. The molecule has 0 unspecified atom stereocenters. The minimum absolute atomic E-state index is 0.821. The van der Waals surface area contributed by atoms with Gasteiger partial charge in [-0.05, 0) is 45.2 Å². The van der Waals surface area contributed by atoms with E-state index in [-0.39, 0.29) is 0 Å². The van der Waals surface area contributed by atoms with Gasteiger partial charge in [0.25, 0.3) is 0 Å². The van der Waals surface area contributed by atoms with Crippen LogP contribution in [0.5, 0.6) is 0 Å². The second-order valence-corrected chi connectivity index (χ2v) is 5.42. The largest absolute Gasteiger partial charge is 0.205 e. The second kappa shape index (κ2) is 4.69. The molecule has 0 aliphatic carbocycles. The van der Waals surface area contributed by atoms with Crippen molar-refractivity contribution in [2.75, 3.05) is 0 Å². The van der Waals surface area contributed by atoms with Gasteiger partial charge in [-0.25, -0.2) is 26.3 Å². The Morgan fingerprint density at radius 2 is 0.722 bits per heavy atom. The average Bonchev–Trinajstić information content (AvgIpc) is 2.35. The topological polar surface area (TPSA) is 0 Å². The summed E-state index contributed by atoms with van der Waals surface area (Å²) in [4.78, 5) is 0. The van der Waals surface area contributed by atoms with Crippen molar-refractivity contribution in [3.63, 3.8) is 0 Å². The van der Waals surface area contributed by atoms with Gasteiger partial charge in [0.05, 0.1) is 17.9 Å². The summed E-state index contributed by atoms with van der Waals surface area (Å²) in [5, 5.41) is -2.46. The molecule has 0 atom stereocenters. The van der Waals surface area contributed by atoms with E-state index in [0.29, 0.717) is 0 Å². The van der Waals surface area contributed by atoms with Crippen molar-refractivity contribution in [3.8, 4) is 0 Å². The molecule has 2 rings (SSSR count). The molecule has 0 saturated heterocycles. The van der Waals surface area contributed by atoms with Crippen molar-refractivity contribution >= 4 is 56.0 Å². The molecule has 2 aromatic carbocycles. The first-order chi connectivity index (χ1) is 8.29. The Kier molecular flexibility index (Phi) is 3.69. The molecule has 0 fully saturated rings. The van der Waals surface area contributed by atoms with Crippen LogP contribution < -0.4 is 0 Å². The Labute approximate surface area is 124 Å². The Bertz CT molecular complexity index is 569. The summed E-state index contributed by atoms with van der Waals surface area (Å²) in [5.74, 6) is -9.92. The van der Waals surface area contributed by atoms with Crippen LogP contribution in [0.2, 0.25) is 0 Å². The smallest absolute Gasteiger partial charge is 0.175 e. The molecule has 0 bridgehead atoms. The minimum atomic E-state index is -1.82.